The van der Waals surface area contributed by atoms with Gasteiger partial charge in [-0.25, -0.2) is 4.79 Å². The van der Waals surface area contributed by atoms with Crippen molar-refractivity contribution in [3.05, 3.63) is 12.2 Å². The van der Waals surface area contributed by atoms with Crippen LogP contribution in [0, 0.1) is 0 Å². The Labute approximate surface area is 163 Å². The van der Waals surface area contributed by atoms with Gasteiger partial charge in [-0.2, -0.15) is 0 Å². The summed E-state index contributed by atoms with van der Waals surface area (Å²) >= 11 is 0. The number of hydrogen-bond donors (Lipinski definition) is 2. The van der Waals surface area contributed by atoms with Crippen molar-refractivity contribution in [3.63, 3.8) is 0 Å². The average Bonchev–Trinajstić information content (AvgIpc) is 2.51. The number of aliphatic hydroxyl groups is 1. The number of carboxylic acids is 2. The Morgan fingerprint density at radius 3 is 2.08 bits per heavy atom. The smallest absolute Gasteiger partial charge is 0.544 e. The van der Waals surface area contributed by atoms with E-state index < -0.39 is 24.0 Å². The fourth-order valence-corrected chi connectivity index (χ4v) is 3.65. The number of unbranched alkanes of at least 4 members (excludes halogenated alkanes) is 3. The zero-order valence-corrected chi connectivity index (χ0v) is 16.2. The third-order valence-electron chi connectivity index (χ3n) is 4.77. The monoisotopic (exact) mass is 350 g/mol. The molecule has 0 spiro atoms. The van der Waals surface area contributed by atoms with Gasteiger partial charge in [0, 0.05) is 12.8 Å². The summed E-state index contributed by atoms with van der Waals surface area (Å²) in [6.07, 6.45) is 8.24. The molecule has 0 amide bonds. The first-order valence-electron chi connectivity index (χ1n) is 8.93. The van der Waals surface area contributed by atoms with E-state index in [1.54, 1.807) is 13.8 Å². The zero-order chi connectivity index (χ0) is 18.6. The molecule has 0 radical (unpaired) electrons. The van der Waals surface area contributed by atoms with Crippen molar-refractivity contribution in [3.8, 4) is 0 Å². The molecule has 3 atom stereocenters. The van der Waals surface area contributed by atoms with Crippen LogP contribution < -0.4 is 24.0 Å². The largest absolute Gasteiger partial charge is 1.00 e. The molecular formula is C18H33LiNO5+. The van der Waals surface area contributed by atoms with Gasteiger partial charge in [-0.1, -0.05) is 26.0 Å². The maximum Gasteiger partial charge on any atom is 1.00 e. The van der Waals surface area contributed by atoms with Gasteiger partial charge in [-0.05, 0) is 32.6 Å². The summed E-state index contributed by atoms with van der Waals surface area (Å²) in [5.41, 5.74) is 0. The first-order valence-corrected chi connectivity index (χ1v) is 8.93. The van der Waals surface area contributed by atoms with Crippen LogP contribution in [0.3, 0.4) is 0 Å². The SMILES string of the molecule is C/C=C/CCCCC[N+](CCO)(C(CC)C(=O)[O-])C(CC)C(=O)O.[Li+]. The van der Waals surface area contributed by atoms with Crippen molar-refractivity contribution >= 4 is 11.9 Å². The average molecular weight is 350 g/mol. The van der Waals surface area contributed by atoms with E-state index in [4.69, 9.17) is 0 Å². The summed E-state index contributed by atoms with van der Waals surface area (Å²) in [5, 5.41) is 30.8. The molecule has 0 aromatic carbocycles. The predicted molar refractivity (Wildman–Crippen MR) is 91.2 cm³/mol. The van der Waals surface area contributed by atoms with Gasteiger partial charge in [-0.3, -0.25) is 0 Å². The molecule has 0 aliphatic rings. The Balaban J connectivity index is 0. The van der Waals surface area contributed by atoms with E-state index in [1.807, 2.05) is 13.0 Å². The summed E-state index contributed by atoms with van der Waals surface area (Å²) in [5.74, 6) is -2.25. The first-order chi connectivity index (χ1) is 11.4. The number of aliphatic carboxylic acids is 2. The normalized spacial score (nSPS) is 16.0. The summed E-state index contributed by atoms with van der Waals surface area (Å²) in [6.45, 7) is 5.74. The molecule has 0 aliphatic heterocycles. The van der Waals surface area contributed by atoms with Gasteiger partial charge in [-0.15, -0.1) is 0 Å². The maximum atomic E-state index is 11.7. The number of aliphatic hydroxyl groups excluding tert-OH is 1. The number of quaternary nitrogens is 1. The topological polar surface area (TPSA) is 97.7 Å². The number of nitrogens with zero attached hydrogens (tertiary/aromatic N) is 1. The van der Waals surface area contributed by atoms with E-state index in [1.165, 1.54) is 0 Å². The number of carbonyl (C=O) groups is 2. The Hall–Kier alpha value is -0.803. The number of allylic oxidation sites excluding steroid dienone is 2. The molecular weight excluding hydrogens is 317 g/mol. The third kappa shape index (κ3) is 7.96. The van der Waals surface area contributed by atoms with Gasteiger partial charge < -0.3 is 24.6 Å². The van der Waals surface area contributed by atoms with E-state index in [-0.39, 0.29) is 42.9 Å². The van der Waals surface area contributed by atoms with Crippen LogP contribution in [-0.2, 0) is 9.59 Å². The van der Waals surface area contributed by atoms with Crippen molar-refractivity contribution < 1.29 is 48.3 Å². The third-order valence-corrected chi connectivity index (χ3v) is 4.77. The van der Waals surface area contributed by atoms with Gasteiger partial charge in [0.2, 0.25) is 0 Å². The number of carbonyl (C=O) groups excluding carboxylic acids is 1. The van der Waals surface area contributed by atoms with Gasteiger partial charge >= 0.3 is 24.8 Å². The second-order valence-corrected chi connectivity index (χ2v) is 6.20. The van der Waals surface area contributed by atoms with Crippen LogP contribution in [0.5, 0.6) is 0 Å². The van der Waals surface area contributed by atoms with Crippen molar-refractivity contribution in [1.29, 1.82) is 0 Å². The van der Waals surface area contributed by atoms with Crippen LogP contribution in [0.1, 0.15) is 59.3 Å². The Bertz CT molecular complexity index is 392. The minimum absolute atomic E-state index is 0. The molecule has 0 saturated carbocycles. The molecule has 0 fully saturated rings. The van der Waals surface area contributed by atoms with E-state index >= 15 is 0 Å². The van der Waals surface area contributed by atoms with Crippen LogP contribution in [0.2, 0.25) is 0 Å². The fourth-order valence-electron chi connectivity index (χ4n) is 3.65. The van der Waals surface area contributed by atoms with Gasteiger partial charge in [0.25, 0.3) is 0 Å². The standard InChI is InChI=1S/C18H33NO5.Li/c1-4-7-8-9-10-11-12-19(13-14-20,15(5-2)17(21)22)16(6-3)18(23)24;/h4,7,15-16,20H,5-6,8-14H2,1-3H3,(H-,21,22,23,24);/q;+1/b7-4+;. The molecule has 0 saturated heterocycles. The molecule has 0 heterocycles. The minimum Gasteiger partial charge on any atom is -0.544 e. The zero-order valence-electron chi connectivity index (χ0n) is 16.2. The molecule has 0 aromatic rings. The molecule has 0 aromatic heterocycles. The van der Waals surface area contributed by atoms with Gasteiger partial charge in [0.15, 0.2) is 6.04 Å². The number of rotatable bonds is 14. The van der Waals surface area contributed by atoms with E-state index in [2.05, 4.69) is 6.08 Å². The molecule has 25 heavy (non-hydrogen) atoms. The van der Waals surface area contributed by atoms with Gasteiger partial charge in [0.1, 0.15) is 12.6 Å². The molecule has 0 rings (SSSR count). The van der Waals surface area contributed by atoms with Crippen molar-refractivity contribution in [1.82, 2.24) is 0 Å². The van der Waals surface area contributed by atoms with Crippen LogP contribution in [-0.4, -0.2) is 58.4 Å². The van der Waals surface area contributed by atoms with Crippen molar-refractivity contribution in [2.75, 3.05) is 19.7 Å². The van der Waals surface area contributed by atoms with Crippen molar-refractivity contribution in [2.24, 2.45) is 0 Å². The Morgan fingerprint density at radius 2 is 1.68 bits per heavy atom. The number of hydrogen-bond acceptors (Lipinski definition) is 4. The second-order valence-electron chi connectivity index (χ2n) is 6.20. The minimum atomic E-state index is -1.24. The summed E-state index contributed by atoms with van der Waals surface area (Å²) < 4.78 is -0.134. The van der Waals surface area contributed by atoms with Crippen LogP contribution in [0.15, 0.2) is 12.2 Å². The summed E-state index contributed by atoms with van der Waals surface area (Å²) in [6, 6.07) is -1.77. The molecule has 7 heteroatoms. The Morgan fingerprint density at radius 1 is 1.08 bits per heavy atom. The van der Waals surface area contributed by atoms with Gasteiger partial charge in [0.05, 0.1) is 19.1 Å². The van der Waals surface area contributed by atoms with Crippen LogP contribution in [0.4, 0.5) is 0 Å². The Kier molecular flexibility index (Phi) is 15.2. The summed E-state index contributed by atoms with van der Waals surface area (Å²) in [4.78, 5) is 23.4. The first kappa shape index (κ1) is 26.4. The molecule has 140 valence electrons. The van der Waals surface area contributed by atoms with E-state index in [0.29, 0.717) is 13.0 Å². The van der Waals surface area contributed by atoms with Crippen LogP contribution >= 0.6 is 0 Å². The number of carboxylic acid groups (broad SMARTS) is 2. The van der Waals surface area contributed by atoms with E-state index in [9.17, 15) is 24.9 Å². The predicted octanol–water partition coefficient (Wildman–Crippen LogP) is -1.67. The quantitative estimate of drug-likeness (QED) is 0.169. The fraction of sp³-hybridized carbons (Fsp3) is 0.778. The summed E-state index contributed by atoms with van der Waals surface area (Å²) in [7, 11) is 0. The maximum absolute atomic E-state index is 11.7. The second kappa shape index (κ2) is 14.4. The molecule has 6 nitrogen and oxygen atoms in total. The molecule has 0 bridgehead atoms. The van der Waals surface area contributed by atoms with Crippen LogP contribution in [0.25, 0.3) is 0 Å². The molecule has 0 aliphatic carbocycles. The molecule has 2 N–H and O–H groups in total. The van der Waals surface area contributed by atoms with E-state index in [0.717, 1.165) is 25.7 Å². The molecule has 3 unspecified atom stereocenters. The van der Waals surface area contributed by atoms with Crippen molar-refractivity contribution in [2.45, 2.75) is 71.4 Å².